The molecule has 0 radical (unpaired) electrons. The van der Waals surface area contributed by atoms with Crippen LogP contribution in [0.3, 0.4) is 0 Å². The Bertz CT molecular complexity index is 886. The molecular formula is C24H26F2O4. The topological polar surface area (TPSA) is 55.8 Å². The lowest BCUT2D eigenvalue weighted by molar-refractivity contribution is -0.142. The zero-order valence-electron chi connectivity index (χ0n) is 16.9. The highest BCUT2D eigenvalue weighted by atomic mass is 19.1. The van der Waals surface area contributed by atoms with Gasteiger partial charge in [-0.3, -0.25) is 4.79 Å². The Morgan fingerprint density at radius 1 is 1.13 bits per heavy atom. The molecular weight excluding hydrogens is 390 g/mol. The molecule has 0 heterocycles. The minimum Gasteiger partial charge on any atom is -0.493 e. The largest absolute Gasteiger partial charge is 0.493 e. The Labute approximate surface area is 174 Å². The number of para-hydroxylation sites is 1. The normalized spacial score (nSPS) is 22.6. The van der Waals surface area contributed by atoms with Crippen molar-refractivity contribution in [1.82, 2.24) is 0 Å². The third-order valence-corrected chi connectivity index (χ3v) is 6.18. The average molecular weight is 416 g/mol. The minimum absolute atomic E-state index is 0.00296. The number of rotatable bonds is 9. The summed E-state index contributed by atoms with van der Waals surface area (Å²) in [5.41, 5.74) is 1.01. The van der Waals surface area contributed by atoms with Gasteiger partial charge in [-0.1, -0.05) is 25.1 Å². The molecule has 1 N–H and O–H groups in total. The molecule has 160 valence electrons. The summed E-state index contributed by atoms with van der Waals surface area (Å²) in [5.74, 6) is -1.49. The Balaban J connectivity index is 1.30. The van der Waals surface area contributed by atoms with Crippen molar-refractivity contribution in [2.75, 3.05) is 6.61 Å². The summed E-state index contributed by atoms with van der Waals surface area (Å²) in [6.45, 7) is 2.26. The smallest absolute Gasteiger partial charge is 0.306 e. The lowest BCUT2D eigenvalue weighted by Crippen LogP contribution is -2.37. The number of carboxylic acids is 1. The van der Waals surface area contributed by atoms with Crippen molar-refractivity contribution in [3.8, 4) is 11.5 Å². The molecule has 6 heteroatoms. The molecule has 0 saturated heterocycles. The first-order chi connectivity index (χ1) is 14.4. The number of hydrogen-bond donors (Lipinski definition) is 1. The average Bonchev–Trinajstić information content (AvgIpc) is 3.51. The highest BCUT2D eigenvalue weighted by Crippen LogP contribution is 2.47. The summed E-state index contributed by atoms with van der Waals surface area (Å²) >= 11 is 0. The quantitative estimate of drug-likeness (QED) is 0.593. The van der Waals surface area contributed by atoms with Gasteiger partial charge in [-0.05, 0) is 73.3 Å². The van der Waals surface area contributed by atoms with E-state index in [1.165, 1.54) is 18.2 Å². The van der Waals surface area contributed by atoms with Crippen LogP contribution in [-0.4, -0.2) is 23.8 Å². The number of carbonyl (C=O) groups is 1. The molecule has 30 heavy (non-hydrogen) atoms. The maximum atomic E-state index is 13.7. The minimum atomic E-state index is -0.773. The van der Waals surface area contributed by atoms with Gasteiger partial charge >= 0.3 is 5.97 Å². The van der Waals surface area contributed by atoms with Gasteiger partial charge in [-0.25, -0.2) is 8.78 Å². The summed E-state index contributed by atoms with van der Waals surface area (Å²) in [5, 5.41) is 9.45. The van der Waals surface area contributed by atoms with Gasteiger partial charge in [0.2, 0.25) is 0 Å². The molecule has 0 spiro atoms. The number of benzene rings is 2. The fourth-order valence-electron chi connectivity index (χ4n) is 4.27. The zero-order chi connectivity index (χ0) is 21.3. The molecule has 2 aromatic carbocycles. The summed E-state index contributed by atoms with van der Waals surface area (Å²) in [4.78, 5) is 11.5. The summed E-state index contributed by atoms with van der Waals surface area (Å²) < 4.78 is 38.8. The molecule has 4 nitrogen and oxygen atoms in total. The molecule has 0 bridgehead atoms. The maximum Gasteiger partial charge on any atom is 0.306 e. The molecule has 2 aliphatic rings. The zero-order valence-corrected chi connectivity index (χ0v) is 16.9. The lowest BCUT2D eigenvalue weighted by atomic mass is 9.82. The van der Waals surface area contributed by atoms with Gasteiger partial charge in [-0.2, -0.15) is 0 Å². The molecule has 2 aliphatic carbocycles. The highest BCUT2D eigenvalue weighted by molar-refractivity contribution is 5.71. The van der Waals surface area contributed by atoms with E-state index in [4.69, 9.17) is 9.47 Å². The SMILES string of the molecule is C[C@H](C(=O)O)C(c1cccc(OCC2CC(Oc3c(F)cccc3F)C2)c1)C1CC1. The second-order valence-electron chi connectivity index (χ2n) is 8.50. The molecule has 2 aromatic rings. The number of aliphatic carboxylic acids is 1. The number of carboxylic acid groups (broad SMARTS) is 1. The summed E-state index contributed by atoms with van der Waals surface area (Å²) in [6, 6.07) is 11.4. The van der Waals surface area contributed by atoms with Crippen molar-refractivity contribution in [3.63, 3.8) is 0 Å². The van der Waals surface area contributed by atoms with Crippen LogP contribution < -0.4 is 9.47 Å². The Morgan fingerprint density at radius 3 is 2.43 bits per heavy atom. The van der Waals surface area contributed by atoms with Crippen LogP contribution in [0.5, 0.6) is 11.5 Å². The molecule has 0 amide bonds. The van der Waals surface area contributed by atoms with Crippen molar-refractivity contribution >= 4 is 5.97 Å². The van der Waals surface area contributed by atoms with E-state index in [0.29, 0.717) is 25.4 Å². The Hall–Kier alpha value is -2.63. The summed E-state index contributed by atoms with van der Waals surface area (Å²) in [6.07, 6.45) is 3.27. The predicted octanol–water partition coefficient (Wildman–Crippen LogP) is 5.42. The van der Waals surface area contributed by atoms with Crippen molar-refractivity contribution in [3.05, 3.63) is 59.7 Å². The Morgan fingerprint density at radius 2 is 1.80 bits per heavy atom. The fraction of sp³-hybridized carbons (Fsp3) is 0.458. The van der Waals surface area contributed by atoms with Crippen molar-refractivity contribution in [2.45, 2.75) is 44.6 Å². The molecule has 2 fully saturated rings. The van der Waals surface area contributed by atoms with E-state index in [1.807, 2.05) is 24.3 Å². The van der Waals surface area contributed by atoms with Gasteiger partial charge in [0, 0.05) is 0 Å². The molecule has 4 rings (SSSR count). The van der Waals surface area contributed by atoms with Crippen molar-refractivity contribution < 1.29 is 28.2 Å². The van der Waals surface area contributed by atoms with Gasteiger partial charge in [-0.15, -0.1) is 0 Å². The van der Waals surface area contributed by atoms with Crippen LogP contribution in [0.4, 0.5) is 8.78 Å². The monoisotopic (exact) mass is 416 g/mol. The molecule has 2 atom stereocenters. The standard InChI is InChI=1S/C24H26F2O4/c1-14(24(27)28)22(16-8-9-16)17-4-2-5-18(12-17)29-13-15-10-19(11-15)30-23-20(25)6-3-7-21(23)26/h2-7,12,14-16,19,22H,8-11,13H2,1H3,(H,27,28)/t14-,15?,19?,22?/m0/s1. The van der Waals surface area contributed by atoms with E-state index in [9.17, 15) is 18.7 Å². The van der Waals surface area contributed by atoms with Crippen LogP contribution in [0.2, 0.25) is 0 Å². The van der Waals surface area contributed by atoms with Gasteiger partial charge in [0.1, 0.15) is 5.75 Å². The van der Waals surface area contributed by atoms with Gasteiger partial charge in [0.05, 0.1) is 18.6 Å². The first kappa shape index (κ1) is 20.6. The van der Waals surface area contributed by atoms with Gasteiger partial charge in [0.25, 0.3) is 0 Å². The molecule has 2 saturated carbocycles. The third-order valence-electron chi connectivity index (χ3n) is 6.18. The van der Waals surface area contributed by atoms with E-state index in [1.54, 1.807) is 6.92 Å². The number of hydrogen-bond acceptors (Lipinski definition) is 3. The van der Waals surface area contributed by atoms with Crippen LogP contribution in [0.25, 0.3) is 0 Å². The van der Waals surface area contributed by atoms with E-state index >= 15 is 0 Å². The predicted molar refractivity (Wildman–Crippen MR) is 108 cm³/mol. The third kappa shape index (κ3) is 4.58. The van der Waals surface area contributed by atoms with Gasteiger partial charge < -0.3 is 14.6 Å². The first-order valence-electron chi connectivity index (χ1n) is 10.5. The molecule has 0 aromatic heterocycles. The maximum absolute atomic E-state index is 13.7. The second-order valence-corrected chi connectivity index (χ2v) is 8.50. The number of halogens is 2. The van der Waals surface area contributed by atoms with Crippen LogP contribution in [0, 0.1) is 29.4 Å². The summed E-state index contributed by atoms with van der Waals surface area (Å²) in [7, 11) is 0. The highest BCUT2D eigenvalue weighted by Gasteiger charge is 2.39. The molecule has 1 unspecified atom stereocenters. The van der Waals surface area contributed by atoms with Crippen LogP contribution in [0.1, 0.15) is 44.1 Å². The van der Waals surface area contributed by atoms with Crippen molar-refractivity contribution in [1.29, 1.82) is 0 Å². The van der Waals surface area contributed by atoms with Crippen molar-refractivity contribution in [2.24, 2.45) is 17.8 Å². The van der Waals surface area contributed by atoms with E-state index < -0.39 is 23.5 Å². The van der Waals surface area contributed by atoms with Gasteiger partial charge in [0.15, 0.2) is 17.4 Å². The van der Waals surface area contributed by atoms with Crippen LogP contribution in [0.15, 0.2) is 42.5 Å². The fourth-order valence-corrected chi connectivity index (χ4v) is 4.27. The van der Waals surface area contributed by atoms with Crippen LogP contribution in [-0.2, 0) is 4.79 Å². The second kappa shape index (κ2) is 8.62. The lowest BCUT2D eigenvalue weighted by Gasteiger charge is -2.35. The first-order valence-corrected chi connectivity index (χ1v) is 10.5. The van der Waals surface area contributed by atoms with E-state index in [2.05, 4.69) is 0 Å². The van der Waals surface area contributed by atoms with E-state index in [0.717, 1.165) is 24.2 Å². The van der Waals surface area contributed by atoms with E-state index in [-0.39, 0.29) is 23.7 Å². The van der Waals surface area contributed by atoms with Crippen LogP contribution >= 0.6 is 0 Å². The molecule has 0 aliphatic heterocycles. The Kier molecular flexibility index (Phi) is 5.93. The number of ether oxygens (including phenoxy) is 2.